The third kappa shape index (κ3) is 3.62. The molecule has 2 aromatic carbocycles. The second-order valence-corrected chi connectivity index (χ2v) is 6.37. The molecule has 0 aliphatic carbocycles. The van der Waals surface area contributed by atoms with Crippen molar-refractivity contribution in [3.8, 4) is 5.75 Å². The van der Waals surface area contributed by atoms with E-state index in [2.05, 4.69) is 27.9 Å². The van der Waals surface area contributed by atoms with Crippen LogP contribution in [0.1, 0.15) is 17.2 Å². The van der Waals surface area contributed by atoms with Crippen LogP contribution in [-0.2, 0) is 0 Å². The van der Waals surface area contributed by atoms with E-state index >= 15 is 0 Å². The summed E-state index contributed by atoms with van der Waals surface area (Å²) in [6, 6.07) is 7.92. The van der Waals surface area contributed by atoms with Crippen molar-refractivity contribution in [2.75, 3.05) is 14.2 Å². The smallest absolute Gasteiger partial charge is 0.138 e. The SMILES string of the molecule is CNC(c1cc(Cl)c(OC)cc1Cl)c1ccc(F)cc1I. The highest BCUT2D eigenvalue weighted by Crippen LogP contribution is 2.37. The van der Waals surface area contributed by atoms with E-state index in [1.165, 1.54) is 19.2 Å². The number of halogens is 4. The molecule has 1 unspecified atom stereocenters. The Hall–Kier alpha value is -0.560. The summed E-state index contributed by atoms with van der Waals surface area (Å²) in [4.78, 5) is 0. The van der Waals surface area contributed by atoms with Gasteiger partial charge in [0.15, 0.2) is 0 Å². The van der Waals surface area contributed by atoms with E-state index in [4.69, 9.17) is 27.9 Å². The van der Waals surface area contributed by atoms with Crippen LogP contribution in [0.2, 0.25) is 10.0 Å². The van der Waals surface area contributed by atoms with E-state index in [-0.39, 0.29) is 11.9 Å². The Morgan fingerprint density at radius 3 is 2.43 bits per heavy atom. The number of methoxy groups -OCH3 is 1. The molecule has 0 bridgehead atoms. The third-order valence-corrected chi connectivity index (χ3v) is 4.70. The van der Waals surface area contributed by atoms with Crippen LogP contribution >= 0.6 is 45.8 Å². The highest BCUT2D eigenvalue weighted by Gasteiger charge is 2.20. The second kappa shape index (κ2) is 7.13. The van der Waals surface area contributed by atoms with Gasteiger partial charge in [0.2, 0.25) is 0 Å². The number of nitrogens with one attached hydrogen (secondary N) is 1. The van der Waals surface area contributed by atoms with Crippen LogP contribution in [-0.4, -0.2) is 14.2 Å². The topological polar surface area (TPSA) is 21.3 Å². The van der Waals surface area contributed by atoms with Crippen molar-refractivity contribution >= 4 is 45.8 Å². The van der Waals surface area contributed by atoms with Gasteiger partial charge >= 0.3 is 0 Å². The van der Waals surface area contributed by atoms with Crippen LogP contribution in [0.25, 0.3) is 0 Å². The van der Waals surface area contributed by atoms with Gasteiger partial charge in [-0.3, -0.25) is 0 Å². The highest BCUT2D eigenvalue weighted by molar-refractivity contribution is 14.1. The standard InChI is InChI=1S/C15H13Cl2FINO/c1-20-15(9-4-3-8(18)5-13(9)19)10-6-12(17)14(21-2)7-11(10)16/h3-7,15,20H,1-2H3. The van der Waals surface area contributed by atoms with E-state index in [9.17, 15) is 4.39 Å². The molecule has 0 amide bonds. The average Bonchev–Trinajstić information content (AvgIpc) is 2.45. The maximum absolute atomic E-state index is 13.3. The molecule has 2 aromatic rings. The summed E-state index contributed by atoms with van der Waals surface area (Å²) < 4.78 is 19.2. The molecule has 0 aromatic heterocycles. The Morgan fingerprint density at radius 1 is 1.14 bits per heavy atom. The molecular weight excluding hydrogens is 427 g/mol. The number of benzene rings is 2. The molecule has 2 nitrogen and oxygen atoms in total. The first kappa shape index (κ1) is 16.8. The van der Waals surface area contributed by atoms with Crippen molar-refractivity contribution in [2.24, 2.45) is 0 Å². The third-order valence-electron chi connectivity index (χ3n) is 3.14. The van der Waals surface area contributed by atoms with Crippen LogP contribution in [0.5, 0.6) is 5.75 Å². The molecule has 0 saturated heterocycles. The normalized spacial score (nSPS) is 12.3. The maximum Gasteiger partial charge on any atom is 0.138 e. The number of hydrogen-bond acceptors (Lipinski definition) is 2. The monoisotopic (exact) mass is 439 g/mol. The van der Waals surface area contributed by atoms with Gasteiger partial charge in [0.05, 0.1) is 18.2 Å². The van der Waals surface area contributed by atoms with Gasteiger partial charge in [0, 0.05) is 14.7 Å². The molecule has 0 spiro atoms. The van der Waals surface area contributed by atoms with E-state index < -0.39 is 0 Å². The first-order valence-electron chi connectivity index (χ1n) is 6.13. The molecule has 0 heterocycles. The second-order valence-electron chi connectivity index (χ2n) is 4.40. The van der Waals surface area contributed by atoms with Crippen molar-refractivity contribution in [1.82, 2.24) is 5.32 Å². The predicted molar refractivity (Wildman–Crippen MR) is 93.0 cm³/mol. The van der Waals surface area contributed by atoms with Crippen molar-refractivity contribution in [1.29, 1.82) is 0 Å². The molecule has 0 fully saturated rings. The van der Waals surface area contributed by atoms with Crippen LogP contribution in [0, 0.1) is 9.39 Å². The van der Waals surface area contributed by atoms with Crippen LogP contribution in [0.4, 0.5) is 4.39 Å². The van der Waals surface area contributed by atoms with Gasteiger partial charge in [0.1, 0.15) is 11.6 Å². The van der Waals surface area contributed by atoms with Gasteiger partial charge in [-0.2, -0.15) is 0 Å². The Morgan fingerprint density at radius 2 is 1.86 bits per heavy atom. The molecule has 0 radical (unpaired) electrons. The van der Waals surface area contributed by atoms with Gasteiger partial charge in [-0.1, -0.05) is 29.3 Å². The molecule has 112 valence electrons. The van der Waals surface area contributed by atoms with Crippen molar-refractivity contribution < 1.29 is 9.13 Å². The molecule has 1 N–H and O–H groups in total. The lowest BCUT2D eigenvalue weighted by Gasteiger charge is -2.21. The van der Waals surface area contributed by atoms with Crippen LogP contribution in [0.3, 0.4) is 0 Å². The van der Waals surface area contributed by atoms with Gasteiger partial charge in [-0.05, 0) is 59.0 Å². The summed E-state index contributed by atoms with van der Waals surface area (Å²) in [5, 5.41) is 4.21. The molecule has 6 heteroatoms. The molecule has 0 aliphatic heterocycles. The first-order chi connectivity index (χ1) is 9.97. The van der Waals surface area contributed by atoms with E-state index in [1.807, 2.05) is 7.05 Å². The predicted octanol–water partition coefficient (Wildman–Crippen LogP) is 5.05. The van der Waals surface area contributed by atoms with Gasteiger partial charge in [0.25, 0.3) is 0 Å². The Kier molecular flexibility index (Phi) is 5.71. The minimum atomic E-state index is -0.267. The molecule has 0 saturated carbocycles. The average molecular weight is 440 g/mol. The van der Waals surface area contributed by atoms with E-state index in [1.54, 1.807) is 18.2 Å². The van der Waals surface area contributed by atoms with E-state index in [0.717, 1.165) is 14.7 Å². The lowest BCUT2D eigenvalue weighted by atomic mass is 9.98. The number of rotatable bonds is 4. The van der Waals surface area contributed by atoms with Crippen LogP contribution < -0.4 is 10.1 Å². The summed E-state index contributed by atoms with van der Waals surface area (Å²) in [5.41, 5.74) is 1.75. The zero-order chi connectivity index (χ0) is 15.6. The zero-order valence-electron chi connectivity index (χ0n) is 11.4. The maximum atomic E-state index is 13.3. The Bertz CT molecular complexity index is 666. The molecular formula is C15H13Cl2FINO. The summed E-state index contributed by atoms with van der Waals surface area (Å²) >= 11 is 14.6. The van der Waals surface area contributed by atoms with E-state index in [0.29, 0.717) is 15.8 Å². The van der Waals surface area contributed by atoms with Gasteiger partial charge in [-0.15, -0.1) is 0 Å². The largest absolute Gasteiger partial charge is 0.495 e. The fourth-order valence-electron chi connectivity index (χ4n) is 2.14. The molecule has 1 atom stereocenters. The fourth-order valence-corrected chi connectivity index (χ4v) is 3.44. The minimum Gasteiger partial charge on any atom is -0.495 e. The fraction of sp³-hybridized carbons (Fsp3) is 0.200. The summed E-state index contributed by atoms with van der Waals surface area (Å²) in [7, 11) is 3.36. The van der Waals surface area contributed by atoms with Crippen molar-refractivity contribution in [3.63, 3.8) is 0 Å². The summed E-state index contributed by atoms with van der Waals surface area (Å²) in [6.45, 7) is 0. The van der Waals surface area contributed by atoms with Gasteiger partial charge in [-0.25, -0.2) is 4.39 Å². The summed E-state index contributed by atoms with van der Waals surface area (Å²) in [6.07, 6.45) is 0. The zero-order valence-corrected chi connectivity index (χ0v) is 15.1. The molecule has 21 heavy (non-hydrogen) atoms. The van der Waals surface area contributed by atoms with Crippen LogP contribution in [0.15, 0.2) is 30.3 Å². The molecule has 2 rings (SSSR count). The van der Waals surface area contributed by atoms with Crippen molar-refractivity contribution in [2.45, 2.75) is 6.04 Å². The first-order valence-corrected chi connectivity index (χ1v) is 7.96. The highest BCUT2D eigenvalue weighted by atomic mass is 127. The summed E-state index contributed by atoms with van der Waals surface area (Å²) in [5.74, 6) is 0.255. The molecule has 0 aliphatic rings. The number of ether oxygens (including phenoxy) is 1. The minimum absolute atomic E-state index is 0.187. The lowest BCUT2D eigenvalue weighted by molar-refractivity contribution is 0.415. The van der Waals surface area contributed by atoms with Crippen molar-refractivity contribution in [3.05, 3.63) is 60.9 Å². The quantitative estimate of drug-likeness (QED) is 0.672. The number of hydrogen-bond donors (Lipinski definition) is 1. The lowest BCUT2D eigenvalue weighted by Crippen LogP contribution is -2.19. The Balaban J connectivity index is 2.53. The Labute approximate surface area is 146 Å². The van der Waals surface area contributed by atoms with Gasteiger partial charge < -0.3 is 10.1 Å².